The number of aromatic nitrogens is 3. The Morgan fingerprint density at radius 1 is 1.00 bits per heavy atom. The van der Waals surface area contributed by atoms with Gasteiger partial charge in [-0.05, 0) is 48.4 Å². The number of thiazole rings is 1. The maximum Gasteiger partial charge on any atom is 0.270 e. The van der Waals surface area contributed by atoms with Gasteiger partial charge in [-0.2, -0.15) is 0 Å². The Balaban J connectivity index is 1.44. The summed E-state index contributed by atoms with van der Waals surface area (Å²) in [5.41, 5.74) is 4.09. The molecule has 2 aromatic heterocycles. The molecule has 0 saturated carbocycles. The fraction of sp³-hybridized carbons (Fsp3) is 0.111. The van der Waals surface area contributed by atoms with Crippen LogP contribution in [0.15, 0.2) is 79.1 Å². The van der Waals surface area contributed by atoms with E-state index in [4.69, 9.17) is 16.3 Å². The zero-order valence-electron chi connectivity index (χ0n) is 19.6. The average Bonchev–Trinajstić information content (AvgIpc) is 3.36. The first-order chi connectivity index (χ1) is 17.5. The largest absolute Gasteiger partial charge is 0.497 e. The van der Waals surface area contributed by atoms with Gasteiger partial charge in [-0.25, -0.2) is 9.97 Å². The van der Waals surface area contributed by atoms with E-state index in [1.54, 1.807) is 30.5 Å². The topological polar surface area (TPSA) is 80.2 Å². The number of methoxy groups -OCH3 is 1. The van der Waals surface area contributed by atoms with Crippen LogP contribution in [0.25, 0.3) is 11.0 Å². The number of benzene rings is 3. The number of carbonyl (C=O) groups excluding carboxylic acids is 1. The Hall–Kier alpha value is -4.01. The van der Waals surface area contributed by atoms with Crippen LogP contribution >= 0.6 is 22.9 Å². The summed E-state index contributed by atoms with van der Waals surface area (Å²) >= 11 is 7.82. The monoisotopic (exact) mass is 515 g/mol. The summed E-state index contributed by atoms with van der Waals surface area (Å²) in [6.07, 6.45) is 3.21. The average molecular weight is 516 g/mol. The third kappa shape index (κ3) is 5.00. The molecule has 0 radical (unpaired) electrons. The van der Waals surface area contributed by atoms with Crippen molar-refractivity contribution in [3.05, 3.63) is 100 Å². The number of aryl methyl sites for hydroxylation is 1. The molecule has 2 heterocycles. The molecule has 7 nitrogen and oxygen atoms in total. The normalized spacial score (nSPS) is 10.9. The van der Waals surface area contributed by atoms with Crippen LogP contribution in [0, 0.1) is 6.92 Å². The molecule has 0 saturated heterocycles. The Kier molecular flexibility index (Phi) is 6.79. The minimum absolute atomic E-state index is 0.197. The molecular weight excluding hydrogens is 494 g/mol. The van der Waals surface area contributed by atoms with Gasteiger partial charge in [-0.1, -0.05) is 59.3 Å². The molecular formula is C27H22ClN5O2S. The maximum absolute atomic E-state index is 13.8. The van der Waals surface area contributed by atoms with Gasteiger partial charge in [0.25, 0.3) is 5.91 Å². The first-order valence-electron chi connectivity index (χ1n) is 11.2. The van der Waals surface area contributed by atoms with E-state index in [9.17, 15) is 4.79 Å². The smallest absolute Gasteiger partial charge is 0.270 e. The maximum atomic E-state index is 13.8. The van der Waals surface area contributed by atoms with E-state index in [0.29, 0.717) is 33.1 Å². The fourth-order valence-corrected chi connectivity index (χ4v) is 4.92. The highest BCUT2D eigenvalue weighted by Gasteiger charge is 2.24. The first-order valence-corrected chi connectivity index (χ1v) is 12.4. The molecule has 0 unspecified atom stereocenters. The van der Waals surface area contributed by atoms with Gasteiger partial charge in [0.15, 0.2) is 10.9 Å². The van der Waals surface area contributed by atoms with Crippen molar-refractivity contribution in [2.45, 2.75) is 13.5 Å². The fourth-order valence-electron chi connectivity index (χ4n) is 3.82. The van der Waals surface area contributed by atoms with Crippen molar-refractivity contribution in [2.75, 3.05) is 17.3 Å². The van der Waals surface area contributed by atoms with Crippen molar-refractivity contribution >= 4 is 56.5 Å². The van der Waals surface area contributed by atoms with Crippen LogP contribution in [0.2, 0.25) is 5.02 Å². The predicted octanol–water partition coefficient (Wildman–Crippen LogP) is 6.65. The molecule has 5 rings (SSSR count). The van der Waals surface area contributed by atoms with Gasteiger partial charge in [0.2, 0.25) is 0 Å². The van der Waals surface area contributed by atoms with Crippen LogP contribution in [-0.4, -0.2) is 28.0 Å². The number of anilines is 3. The van der Waals surface area contributed by atoms with Gasteiger partial charge in [-0.3, -0.25) is 9.78 Å². The molecule has 9 heteroatoms. The lowest BCUT2D eigenvalue weighted by Crippen LogP contribution is -2.30. The molecule has 1 N–H and O–H groups in total. The van der Waals surface area contributed by atoms with Gasteiger partial charge in [0.05, 0.1) is 47.8 Å². The van der Waals surface area contributed by atoms with Crippen LogP contribution in [0.3, 0.4) is 0 Å². The molecule has 0 aliphatic carbocycles. The van der Waals surface area contributed by atoms with E-state index < -0.39 is 0 Å². The lowest BCUT2D eigenvalue weighted by molar-refractivity contribution is 0.0988. The van der Waals surface area contributed by atoms with Crippen molar-refractivity contribution in [3.8, 4) is 5.75 Å². The van der Waals surface area contributed by atoms with E-state index >= 15 is 0 Å². The van der Waals surface area contributed by atoms with Crippen LogP contribution in [-0.2, 0) is 6.54 Å². The number of nitrogens with zero attached hydrogens (tertiary/aromatic N) is 4. The number of fused-ring (bicyclic) bond motifs is 1. The molecule has 0 spiro atoms. The Bertz CT molecular complexity index is 1520. The number of hydrogen-bond acceptors (Lipinski definition) is 7. The molecule has 0 aliphatic heterocycles. The molecule has 0 atom stereocenters. The second-order valence-corrected chi connectivity index (χ2v) is 9.48. The molecule has 1 amide bonds. The highest BCUT2D eigenvalue weighted by molar-refractivity contribution is 7.17. The van der Waals surface area contributed by atoms with Crippen LogP contribution in [0.1, 0.15) is 20.8 Å². The zero-order chi connectivity index (χ0) is 25.1. The van der Waals surface area contributed by atoms with Gasteiger partial charge < -0.3 is 15.0 Å². The van der Waals surface area contributed by atoms with Crippen LogP contribution in [0.4, 0.5) is 16.6 Å². The molecule has 0 bridgehead atoms. The summed E-state index contributed by atoms with van der Waals surface area (Å²) in [7, 11) is 1.62. The van der Waals surface area contributed by atoms with Crippen LogP contribution < -0.4 is 15.0 Å². The van der Waals surface area contributed by atoms with Gasteiger partial charge >= 0.3 is 0 Å². The summed E-state index contributed by atoms with van der Waals surface area (Å²) in [4.78, 5) is 29.3. The highest BCUT2D eigenvalue weighted by Crippen LogP contribution is 2.33. The number of hydrogen-bond donors (Lipinski definition) is 1. The predicted molar refractivity (Wildman–Crippen MR) is 145 cm³/mol. The number of para-hydroxylation sites is 3. The molecule has 5 aromatic rings. The molecule has 180 valence electrons. The van der Waals surface area contributed by atoms with Crippen LogP contribution in [0.5, 0.6) is 5.75 Å². The Morgan fingerprint density at radius 2 is 1.78 bits per heavy atom. The van der Waals surface area contributed by atoms with E-state index in [1.807, 2.05) is 67.6 Å². The molecule has 3 aromatic carbocycles. The van der Waals surface area contributed by atoms with Gasteiger partial charge in [0, 0.05) is 0 Å². The number of rotatable bonds is 7. The summed E-state index contributed by atoms with van der Waals surface area (Å²) in [5.74, 6) is 1.11. The molecule has 0 aliphatic rings. The lowest BCUT2D eigenvalue weighted by atomic mass is 10.1. The number of nitrogens with one attached hydrogen (secondary N) is 1. The summed E-state index contributed by atoms with van der Waals surface area (Å²) in [6, 6.07) is 20.8. The second kappa shape index (κ2) is 10.3. The third-order valence-corrected chi connectivity index (χ3v) is 6.81. The van der Waals surface area contributed by atoms with Crippen molar-refractivity contribution in [2.24, 2.45) is 0 Å². The number of carbonyl (C=O) groups is 1. The summed E-state index contributed by atoms with van der Waals surface area (Å²) in [5, 5.41) is 4.21. The lowest BCUT2D eigenvalue weighted by Gasteiger charge is -2.25. The Labute approximate surface area is 217 Å². The third-order valence-electron chi connectivity index (χ3n) is 5.60. The Morgan fingerprint density at radius 3 is 2.53 bits per heavy atom. The van der Waals surface area contributed by atoms with Crippen molar-refractivity contribution in [1.29, 1.82) is 0 Å². The summed E-state index contributed by atoms with van der Waals surface area (Å²) in [6.45, 7) is 2.28. The van der Waals surface area contributed by atoms with Gasteiger partial charge in [-0.15, -0.1) is 0 Å². The van der Waals surface area contributed by atoms with Crippen molar-refractivity contribution < 1.29 is 9.53 Å². The molecule has 36 heavy (non-hydrogen) atoms. The SMILES string of the molecule is COc1ccc(CN(C(=O)c2cnc(Nc3cnc4ccccc4n3)s2)c2c(C)cccc2Cl)cc1. The van der Waals surface area contributed by atoms with E-state index in [2.05, 4.69) is 20.3 Å². The quantitative estimate of drug-likeness (QED) is 0.261. The highest BCUT2D eigenvalue weighted by atomic mass is 35.5. The minimum atomic E-state index is -0.197. The van der Waals surface area contributed by atoms with Crippen molar-refractivity contribution in [3.63, 3.8) is 0 Å². The number of amides is 1. The van der Waals surface area contributed by atoms with E-state index in [-0.39, 0.29) is 5.91 Å². The first kappa shape index (κ1) is 23.7. The zero-order valence-corrected chi connectivity index (χ0v) is 21.2. The number of ether oxygens (including phenoxy) is 1. The molecule has 0 fully saturated rings. The van der Waals surface area contributed by atoms with Gasteiger partial charge in [0.1, 0.15) is 10.6 Å². The second-order valence-electron chi connectivity index (χ2n) is 8.04. The number of halogens is 1. The standard InChI is InChI=1S/C27H22ClN5O2S/c1-17-6-5-7-20(28)25(17)33(16-18-10-12-19(35-2)13-11-18)26(34)23-14-30-27(36-23)32-24-15-29-21-8-3-4-9-22(21)31-24/h3-15H,16H2,1-2H3,(H,30,31,32). The van der Waals surface area contributed by atoms with E-state index in [1.165, 1.54) is 11.3 Å². The van der Waals surface area contributed by atoms with E-state index in [0.717, 1.165) is 27.9 Å². The van der Waals surface area contributed by atoms with Crippen molar-refractivity contribution in [1.82, 2.24) is 15.0 Å². The minimum Gasteiger partial charge on any atom is -0.497 e. The summed E-state index contributed by atoms with van der Waals surface area (Å²) < 4.78 is 5.26.